The van der Waals surface area contributed by atoms with Crippen LogP contribution in [-0.4, -0.2) is 9.78 Å². The summed E-state index contributed by atoms with van der Waals surface area (Å²) >= 11 is 3.51. The van der Waals surface area contributed by atoms with E-state index >= 15 is 0 Å². The smallest absolute Gasteiger partial charge is 0.127 e. The summed E-state index contributed by atoms with van der Waals surface area (Å²) in [7, 11) is 1.98. The lowest BCUT2D eigenvalue weighted by Crippen LogP contribution is -2.17. The molecular formula is C12H12BrN3. The normalized spacial score (nSPS) is 14.2. The first-order chi connectivity index (χ1) is 7.74. The number of fused-ring (bicyclic) bond motifs is 1. The van der Waals surface area contributed by atoms with Crippen LogP contribution < -0.4 is 4.90 Å². The summed E-state index contributed by atoms with van der Waals surface area (Å²) in [6.45, 7) is 1.94. The average molecular weight is 278 g/mol. The van der Waals surface area contributed by atoms with Crippen LogP contribution in [0.5, 0.6) is 0 Å². The molecule has 1 aliphatic heterocycles. The van der Waals surface area contributed by atoms with Crippen LogP contribution in [0, 0.1) is 0 Å². The van der Waals surface area contributed by atoms with E-state index in [9.17, 15) is 0 Å². The first-order valence-corrected chi connectivity index (χ1v) is 6.03. The Hall–Kier alpha value is -1.29. The molecule has 0 atom stereocenters. The molecule has 0 bridgehead atoms. The fraction of sp³-hybridized carbons (Fsp3) is 0.250. The molecule has 0 radical (unpaired) electrons. The topological polar surface area (TPSA) is 21.1 Å². The molecule has 0 unspecified atom stereocenters. The van der Waals surface area contributed by atoms with Gasteiger partial charge in [-0.1, -0.05) is 22.0 Å². The molecule has 0 saturated heterocycles. The molecule has 0 saturated carbocycles. The Morgan fingerprint density at radius 1 is 1.19 bits per heavy atom. The van der Waals surface area contributed by atoms with E-state index in [2.05, 4.69) is 50.2 Å². The number of rotatable bonds is 1. The zero-order valence-corrected chi connectivity index (χ0v) is 10.6. The molecule has 0 fully saturated rings. The fourth-order valence-electron chi connectivity index (χ4n) is 2.20. The van der Waals surface area contributed by atoms with Crippen molar-refractivity contribution in [3.63, 3.8) is 0 Å². The Labute approximate surface area is 103 Å². The summed E-state index contributed by atoms with van der Waals surface area (Å²) in [6, 6.07) is 8.55. The number of benzene rings is 1. The van der Waals surface area contributed by atoms with Crippen LogP contribution >= 0.6 is 15.9 Å². The van der Waals surface area contributed by atoms with Gasteiger partial charge >= 0.3 is 0 Å². The van der Waals surface area contributed by atoms with E-state index in [4.69, 9.17) is 0 Å². The van der Waals surface area contributed by atoms with E-state index in [0.29, 0.717) is 0 Å². The number of hydrogen-bond acceptors (Lipinski definition) is 2. The predicted octanol–water partition coefficient (Wildman–Crippen LogP) is 2.70. The largest absolute Gasteiger partial charge is 0.348 e. The highest BCUT2D eigenvalue weighted by Crippen LogP contribution is 2.29. The standard InChI is InChI=1S/C12H12BrN3/c1-15-12(4-5-14-15)16-7-9-2-3-11(13)6-10(9)8-16/h2-6H,7-8H2,1H3. The van der Waals surface area contributed by atoms with Crippen molar-refractivity contribution in [2.75, 3.05) is 4.90 Å². The highest BCUT2D eigenvalue weighted by Gasteiger charge is 2.20. The summed E-state index contributed by atoms with van der Waals surface area (Å²) < 4.78 is 3.07. The van der Waals surface area contributed by atoms with E-state index in [1.807, 2.05) is 17.9 Å². The molecule has 0 aliphatic carbocycles. The van der Waals surface area contributed by atoms with Gasteiger partial charge in [-0.25, -0.2) is 0 Å². The van der Waals surface area contributed by atoms with E-state index < -0.39 is 0 Å². The second-order valence-corrected chi connectivity index (χ2v) is 5.00. The van der Waals surface area contributed by atoms with Crippen molar-refractivity contribution in [3.05, 3.63) is 46.1 Å². The third-order valence-corrected chi connectivity index (χ3v) is 3.50. The minimum absolute atomic E-state index is 0.967. The minimum Gasteiger partial charge on any atom is -0.348 e. The number of aromatic nitrogens is 2. The van der Waals surface area contributed by atoms with Crippen molar-refractivity contribution < 1.29 is 0 Å². The molecule has 4 heteroatoms. The van der Waals surface area contributed by atoms with Gasteiger partial charge in [0, 0.05) is 30.7 Å². The zero-order valence-electron chi connectivity index (χ0n) is 9.02. The summed E-state index contributed by atoms with van der Waals surface area (Å²) in [5, 5.41) is 4.21. The Bertz CT molecular complexity index is 533. The van der Waals surface area contributed by atoms with Crippen LogP contribution in [0.1, 0.15) is 11.1 Å². The third kappa shape index (κ3) is 1.53. The molecule has 1 aromatic heterocycles. The van der Waals surface area contributed by atoms with Gasteiger partial charge in [-0.2, -0.15) is 5.10 Å². The van der Waals surface area contributed by atoms with Gasteiger partial charge in [0.15, 0.2) is 0 Å². The van der Waals surface area contributed by atoms with Gasteiger partial charge in [0.1, 0.15) is 5.82 Å². The van der Waals surface area contributed by atoms with Gasteiger partial charge in [0.2, 0.25) is 0 Å². The van der Waals surface area contributed by atoms with Crippen molar-refractivity contribution in [2.45, 2.75) is 13.1 Å². The second kappa shape index (κ2) is 3.63. The molecule has 3 nitrogen and oxygen atoms in total. The van der Waals surface area contributed by atoms with E-state index in [1.165, 1.54) is 16.9 Å². The highest BCUT2D eigenvalue weighted by molar-refractivity contribution is 9.10. The SMILES string of the molecule is Cn1nccc1N1Cc2ccc(Br)cc2C1. The van der Waals surface area contributed by atoms with E-state index in [1.54, 1.807) is 0 Å². The van der Waals surface area contributed by atoms with E-state index in [0.717, 1.165) is 17.6 Å². The predicted molar refractivity (Wildman–Crippen MR) is 67.2 cm³/mol. The van der Waals surface area contributed by atoms with Crippen LogP contribution in [0.15, 0.2) is 34.9 Å². The molecule has 2 aromatic rings. The molecule has 0 N–H and O–H groups in total. The first-order valence-electron chi connectivity index (χ1n) is 5.24. The molecular weight excluding hydrogens is 266 g/mol. The van der Waals surface area contributed by atoms with Crippen LogP contribution in [0.2, 0.25) is 0 Å². The number of halogens is 1. The van der Waals surface area contributed by atoms with Gasteiger partial charge in [-0.3, -0.25) is 4.68 Å². The van der Waals surface area contributed by atoms with Crippen LogP contribution in [0.25, 0.3) is 0 Å². The summed E-state index contributed by atoms with van der Waals surface area (Å²) in [6.07, 6.45) is 1.84. The van der Waals surface area contributed by atoms with Gasteiger partial charge in [0.05, 0.1) is 6.20 Å². The van der Waals surface area contributed by atoms with Crippen molar-refractivity contribution in [2.24, 2.45) is 7.05 Å². The summed E-state index contributed by atoms with van der Waals surface area (Å²) in [5.74, 6) is 1.17. The molecule has 1 aliphatic rings. The molecule has 3 rings (SSSR count). The summed E-state index contributed by atoms with van der Waals surface area (Å²) in [5.41, 5.74) is 2.81. The second-order valence-electron chi connectivity index (χ2n) is 4.08. The Kier molecular flexibility index (Phi) is 2.24. The molecule has 16 heavy (non-hydrogen) atoms. The molecule has 0 spiro atoms. The Morgan fingerprint density at radius 2 is 2.00 bits per heavy atom. The maximum Gasteiger partial charge on any atom is 0.127 e. The zero-order chi connectivity index (χ0) is 11.1. The Morgan fingerprint density at radius 3 is 2.75 bits per heavy atom. The molecule has 82 valence electrons. The lowest BCUT2D eigenvalue weighted by atomic mass is 10.1. The maximum absolute atomic E-state index is 4.21. The number of anilines is 1. The van der Waals surface area contributed by atoms with Gasteiger partial charge in [-0.15, -0.1) is 0 Å². The first kappa shape index (κ1) is 9.90. The van der Waals surface area contributed by atoms with Crippen molar-refractivity contribution in [3.8, 4) is 0 Å². The lowest BCUT2D eigenvalue weighted by molar-refractivity contribution is 0.721. The number of nitrogens with zero attached hydrogens (tertiary/aromatic N) is 3. The van der Waals surface area contributed by atoms with Crippen LogP contribution in [-0.2, 0) is 20.1 Å². The van der Waals surface area contributed by atoms with Gasteiger partial charge in [-0.05, 0) is 23.3 Å². The van der Waals surface area contributed by atoms with Crippen molar-refractivity contribution in [1.29, 1.82) is 0 Å². The quantitative estimate of drug-likeness (QED) is 0.799. The molecule has 1 aromatic carbocycles. The lowest BCUT2D eigenvalue weighted by Gasteiger charge is -2.16. The average Bonchev–Trinajstić information content (AvgIpc) is 2.82. The van der Waals surface area contributed by atoms with Crippen molar-refractivity contribution >= 4 is 21.7 Å². The van der Waals surface area contributed by atoms with Crippen molar-refractivity contribution in [1.82, 2.24) is 9.78 Å². The molecule has 0 amide bonds. The number of aryl methyl sites for hydroxylation is 1. The van der Waals surface area contributed by atoms with E-state index in [-0.39, 0.29) is 0 Å². The van der Waals surface area contributed by atoms with Gasteiger partial charge in [0.25, 0.3) is 0 Å². The van der Waals surface area contributed by atoms with Gasteiger partial charge < -0.3 is 4.90 Å². The number of hydrogen-bond donors (Lipinski definition) is 0. The Balaban J connectivity index is 1.94. The maximum atomic E-state index is 4.21. The van der Waals surface area contributed by atoms with Crippen LogP contribution in [0.4, 0.5) is 5.82 Å². The minimum atomic E-state index is 0.967. The fourth-order valence-corrected chi connectivity index (χ4v) is 2.61. The molecule has 2 heterocycles. The highest BCUT2D eigenvalue weighted by atomic mass is 79.9. The monoisotopic (exact) mass is 277 g/mol. The third-order valence-electron chi connectivity index (χ3n) is 3.01. The summed E-state index contributed by atoms with van der Waals surface area (Å²) in [4.78, 5) is 2.34. The van der Waals surface area contributed by atoms with Crippen LogP contribution in [0.3, 0.4) is 0 Å².